The van der Waals surface area contributed by atoms with Gasteiger partial charge in [-0.1, -0.05) is 54.1 Å². The van der Waals surface area contributed by atoms with Crippen LogP contribution in [0.3, 0.4) is 0 Å². The van der Waals surface area contributed by atoms with E-state index < -0.39 is 0 Å². The average molecular weight is 348 g/mol. The molecule has 2 atom stereocenters. The Balaban J connectivity index is 1.78. The van der Waals surface area contributed by atoms with Gasteiger partial charge in [0.15, 0.2) is 0 Å². The summed E-state index contributed by atoms with van der Waals surface area (Å²) in [4.78, 5) is 18.6. The minimum atomic E-state index is -0.136. The van der Waals surface area contributed by atoms with E-state index in [1.807, 2.05) is 4.90 Å². The number of amides is 1. The van der Waals surface area contributed by atoms with Crippen LogP contribution in [-0.2, 0) is 0 Å². The molecule has 1 saturated heterocycles. The van der Waals surface area contributed by atoms with Gasteiger partial charge in [0, 0.05) is 19.3 Å². The largest absolute Gasteiger partial charge is 0.337 e. The Morgan fingerprint density at radius 3 is 2.57 bits per heavy atom. The molecule has 3 rings (SSSR count). The number of carbonyl (C=O) groups excluding carboxylic acids is 1. The molecule has 3 nitrogen and oxygen atoms in total. The van der Waals surface area contributed by atoms with Crippen LogP contribution in [0.4, 0.5) is 0 Å². The number of halogens is 3. The Morgan fingerprint density at radius 1 is 1.10 bits per heavy atom. The Hall–Kier alpha value is -0.510. The van der Waals surface area contributed by atoms with Gasteiger partial charge in [0.25, 0.3) is 5.91 Å². The summed E-state index contributed by atoms with van der Waals surface area (Å²) in [5.74, 6) is 1.26. The van der Waals surface area contributed by atoms with Gasteiger partial charge in [0.1, 0.15) is 5.69 Å². The molecule has 1 aromatic rings. The van der Waals surface area contributed by atoms with Gasteiger partial charge in [-0.05, 0) is 24.7 Å². The van der Waals surface area contributed by atoms with E-state index in [4.69, 9.17) is 34.8 Å². The SMILES string of the molecule is O=C(c1ncc(Cl)c(Cl)c1Cl)N1CC[C@@H]2CCCC[C@H]2C1. The van der Waals surface area contributed by atoms with E-state index >= 15 is 0 Å². The Bertz CT molecular complexity index is 564. The summed E-state index contributed by atoms with van der Waals surface area (Å²) in [6, 6.07) is 0. The normalized spacial score (nSPS) is 25.6. The van der Waals surface area contributed by atoms with Crippen molar-refractivity contribution in [1.29, 1.82) is 0 Å². The zero-order chi connectivity index (χ0) is 15.0. The molecule has 1 saturated carbocycles. The highest BCUT2D eigenvalue weighted by atomic mass is 35.5. The lowest BCUT2D eigenvalue weighted by Gasteiger charge is -2.41. The highest BCUT2D eigenvalue weighted by Gasteiger charge is 2.34. The van der Waals surface area contributed by atoms with Gasteiger partial charge in [-0.3, -0.25) is 4.79 Å². The lowest BCUT2D eigenvalue weighted by Crippen LogP contribution is -2.45. The van der Waals surface area contributed by atoms with Crippen molar-refractivity contribution in [1.82, 2.24) is 9.88 Å². The maximum Gasteiger partial charge on any atom is 0.274 e. The summed E-state index contributed by atoms with van der Waals surface area (Å²) in [5, 5.41) is 0.619. The van der Waals surface area contributed by atoms with Crippen LogP contribution >= 0.6 is 34.8 Å². The summed E-state index contributed by atoms with van der Waals surface area (Å²) in [6.07, 6.45) is 7.59. The first-order chi connectivity index (χ1) is 10.1. The van der Waals surface area contributed by atoms with Crippen LogP contribution in [0.1, 0.15) is 42.6 Å². The maximum atomic E-state index is 12.6. The summed E-state index contributed by atoms with van der Waals surface area (Å²) in [6.45, 7) is 1.58. The van der Waals surface area contributed by atoms with E-state index in [-0.39, 0.29) is 26.7 Å². The number of piperidine rings is 1. The first-order valence-corrected chi connectivity index (χ1v) is 8.50. The highest BCUT2D eigenvalue weighted by molar-refractivity contribution is 6.48. The molecule has 2 fully saturated rings. The van der Waals surface area contributed by atoms with Gasteiger partial charge in [0.2, 0.25) is 0 Å². The fourth-order valence-electron chi connectivity index (χ4n) is 3.53. The van der Waals surface area contributed by atoms with Gasteiger partial charge in [-0.2, -0.15) is 0 Å². The third-order valence-corrected chi connectivity index (χ3v) is 5.94. The van der Waals surface area contributed by atoms with Crippen LogP contribution < -0.4 is 0 Å². The molecule has 2 aliphatic rings. The second-order valence-corrected chi connectivity index (χ2v) is 7.09. The molecule has 114 valence electrons. The van der Waals surface area contributed by atoms with Crippen LogP contribution in [0.15, 0.2) is 6.20 Å². The molecule has 1 aliphatic carbocycles. The van der Waals surface area contributed by atoms with Crippen molar-refractivity contribution in [3.8, 4) is 0 Å². The first kappa shape index (κ1) is 15.4. The summed E-state index contributed by atoms with van der Waals surface area (Å²) < 4.78 is 0. The van der Waals surface area contributed by atoms with Gasteiger partial charge in [-0.25, -0.2) is 4.98 Å². The van der Waals surface area contributed by atoms with Crippen molar-refractivity contribution in [3.63, 3.8) is 0 Å². The number of hydrogen-bond acceptors (Lipinski definition) is 2. The molecule has 0 aromatic carbocycles. The standard InChI is InChI=1S/C15H17Cl3N2O/c16-11-7-19-14(13(18)12(11)17)15(21)20-6-5-9-3-1-2-4-10(9)8-20/h7,9-10H,1-6,8H2/t9-,10-/m0/s1. The van der Waals surface area contributed by atoms with E-state index in [0.29, 0.717) is 5.92 Å². The molecule has 0 bridgehead atoms. The van der Waals surface area contributed by atoms with Crippen molar-refractivity contribution < 1.29 is 4.79 Å². The second kappa shape index (κ2) is 6.31. The molecule has 1 aliphatic heterocycles. The molecular formula is C15H17Cl3N2O. The lowest BCUT2D eigenvalue weighted by atomic mass is 9.75. The van der Waals surface area contributed by atoms with Crippen molar-refractivity contribution >= 4 is 40.7 Å². The zero-order valence-electron chi connectivity index (χ0n) is 11.6. The van der Waals surface area contributed by atoms with E-state index in [0.717, 1.165) is 25.4 Å². The number of hydrogen-bond donors (Lipinski definition) is 0. The topological polar surface area (TPSA) is 33.2 Å². The van der Waals surface area contributed by atoms with Crippen LogP contribution in [0, 0.1) is 11.8 Å². The van der Waals surface area contributed by atoms with Crippen LogP contribution in [0.25, 0.3) is 0 Å². The summed E-state index contributed by atoms with van der Waals surface area (Å²) in [5.41, 5.74) is 0.209. The van der Waals surface area contributed by atoms with Crippen molar-refractivity contribution in [2.24, 2.45) is 11.8 Å². The lowest BCUT2D eigenvalue weighted by molar-refractivity contribution is 0.0515. The van der Waals surface area contributed by atoms with E-state index in [2.05, 4.69) is 4.98 Å². The van der Waals surface area contributed by atoms with Gasteiger partial charge in [-0.15, -0.1) is 0 Å². The first-order valence-electron chi connectivity index (χ1n) is 7.36. The second-order valence-electron chi connectivity index (χ2n) is 5.93. The number of nitrogens with zero attached hydrogens (tertiary/aromatic N) is 2. The Labute approximate surface area is 139 Å². The molecule has 6 heteroatoms. The third kappa shape index (κ3) is 3.01. The van der Waals surface area contributed by atoms with Gasteiger partial charge < -0.3 is 4.90 Å². The fourth-order valence-corrected chi connectivity index (χ4v) is 4.09. The Morgan fingerprint density at radius 2 is 1.81 bits per heavy atom. The van der Waals surface area contributed by atoms with Crippen LogP contribution in [0.2, 0.25) is 15.1 Å². The number of carbonyl (C=O) groups is 1. The van der Waals surface area contributed by atoms with Crippen molar-refractivity contribution in [2.45, 2.75) is 32.1 Å². The molecule has 0 spiro atoms. The summed E-state index contributed by atoms with van der Waals surface area (Å²) >= 11 is 18.0. The zero-order valence-corrected chi connectivity index (χ0v) is 13.9. The fraction of sp³-hybridized carbons (Fsp3) is 0.600. The number of aromatic nitrogens is 1. The quantitative estimate of drug-likeness (QED) is 0.738. The van der Waals surface area contributed by atoms with Gasteiger partial charge in [0.05, 0.1) is 15.1 Å². The molecule has 21 heavy (non-hydrogen) atoms. The predicted molar refractivity (Wildman–Crippen MR) is 85.2 cm³/mol. The molecule has 0 unspecified atom stereocenters. The maximum absolute atomic E-state index is 12.6. The molecule has 0 N–H and O–H groups in total. The average Bonchev–Trinajstić information content (AvgIpc) is 2.52. The molecule has 1 amide bonds. The number of likely N-dealkylation sites (tertiary alicyclic amines) is 1. The van der Waals surface area contributed by atoms with E-state index in [1.54, 1.807) is 0 Å². The molecule has 2 heterocycles. The van der Waals surface area contributed by atoms with Crippen LogP contribution in [-0.4, -0.2) is 28.9 Å². The number of rotatable bonds is 1. The molecular weight excluding hydrogens is 331 g/mol. The summed E-state index contributed by atoms with van der Waals surface area (Å²) in [7, 11) is 0. The monoisotopic (exact) mass is 346 g/mol. The van der Waals surface area contributed by atoms with E-state index in [1.165, 1.54) is 31.9 Å². The number of pyridine rings is 1. The minimum Gasteiger partial charge on any atom is -0.337 e. The highest BCUT2D eigenvalue weighted by Crippen LogP contribution is 2.37. The van der Waals surface area contributed by atoms with Crippen molar-refractivity contribution in [2.75, 3.05) is 13.1 Å². The Kier molecular flexibility index (Phi) is 4.63. The van der Waals surface area contributed by atoms with Crippen molar-refractivity contribution in [3.05, 3.63) is 27.0 Å². The minimum absolute atomic E-state index is 0.136. The molecule has 1 aromatic heterocycles. The van der Waals surface area contributed by atoms with Gasteiger partial charge >= 0.3 is 0 Å². The predicted octanol–water partition coefficient (Wildman–Crippen LogP) is 4.69. The van der Waals surface area contributed by atoms with Crippen LogP contribution in [0.5, 0.6) is 0 Å². The number of fused-ring (bicyclic) bond motifs is 1. The molecule has 0 radical (unpaired) electrons. The van der Waals surface area contributed by atoms with E-state index in [9.17, 15) is 4.79 Å². The third-order valence-electron chi connectivity index (χ3n) is 4.70. The smallest absolute Gasteiger partial charge is 0.274 e.